The molecule has 19 heavy (non-hydrogen) atoms. The van der Waals surface area contributed by atoms with Crippen LogP contribution in [0, 0.1) is 0 Å². The van der Waals surface area contributed by atoms with Crippen LogP contribution >= 0.6 is 0 Å². The van der Waals surface area contributed by atoms with E-state index < -0.39 is 0 Å². The summed E-state index contributed by atoms with van der Waals surface area (Å²) in [7, 11) is 0. The van der Waals surface area contributed by atoms with E-state index in [2.05, 4.69) is 25.6 Å². The fourth-order valence-electron chi connectivity index (χ4n) is 1.49. The van der Waals surface area contributed by atoms with Crippen LogP contribution in [0.4, 0.5) is 0 Å². The smallest absolute Gasteiger partial charge is 0.119 e. The fraction of sp³-hybridized carbons (Fsp3) is 0.438. The van der Waals surface area contributed by atoms with Gasteiger partial charge in [-0.1, -0.05) is 25.6 Å². The lowest BCUT2D eigenvalue weighted by atomic mass is 10.1. The van der Waals surface area contributed by atoms with Crippen molar-refractivity contribution < 1.29 is 9.57 Å². The van der Waals surface area contributed by atoms with Crippen molar-refractivity contribution in [1.29, 1.82) is 0 Å². The number of rotatable bonds is 8. The maximum Gasteiger partial charge on any atom is 0.119 e. The summed E-state index contributed by atoms with van der Waals surface area (Å²) >= 11 is 0. The third-order valence-electron chi connectivity index (χ3n) is 2.77. The highest BCUT2D eigenvalue weighted by atomic mass is 16.6. The summed E-state index contributed by atoms with van der Waals surface area (Å²) in [6.45, 7) is 11.1. The lowest BCUT2D eigenvalue weighted by Crippen LogP contribution is -2.02. The van der Waals surface area contributed by atoms with E-state index in [-0.39, 0.29) is 0 Å². The van der Waals surface area contributed by atoms with Gasteiger partial charge in [0.2, 0.25) is 0 Å². The van der Waals surface area contributed by atoms with Gasteiger partial charge in [-0.05, 0) is 55.2 Å². The topological polar surface area (TPSA) is 30.8 Å². The molecule has 0 radical (unpaired) electrons. The standard InChI is InChI=1S/C16H23NO2/c1-5-13(4)12-18-15-10-8-14(9-11-15)16(6-2)17-19-7-3/h8-11H,4-7,12H2,1-3H3/b17-16+. The zero-order chi connectivity index (χ0) is 14.1. The number of nitrogens with zero attached hydrogens (tertiary/aromatic N) is 1. The summed E-state index contributed by atoms with van der Waals surface area (Å²) in [5.74, 6) is 0.852. The molecule has 0 N–H and O–H groups in total. The average Bonchev–Trinajstić information content (AvgIpc) is 2.46. The molecule has 1 aromatic carbocycles. The van der Waals surface area contributed by atoms with Crippen LogP contribution in [0.1, 0.15) is 39.2 Å². The Morgan fingerprint density at radius 1 is 1.11 bits per heavy atom. The van der Waals surface area contributed by atoms with Crippen molar-refractivity contribution in [2.45, 2.75) is 33.6 Å². The van der Waals surface area contributed by atoms with Crippen LogP contribution in [0.2, 0.25) is 0 Å². The molecule has 0 amide bonds. The SMILES string of the molecule is C=C(CC)COc1ccc(/C(CC)=N/OCC)cc1. The molecular weight excluding hydrogens is 238 g/mol. The van der Waals surface area contributed by atoms with Crippen molar-refractivity contribution in [2.24, 2.45) is 5.16 Å². The molecule has 0 heterocycles. The van der Waals surface area contributed by atoms with Crippen molar-refractivity contribution in [3.8, 4) is 5.75 Å². The van der Waals surface area contributed by atoms with E-state index in [1.807, 2.05) is 31.2 Å². The molecule has 0 saturated carbocycles. The molecule has 0 aromatic heterocycles. The molecule has 104 valence electrons. The van der Waals surface area contributed by atoms with Crippen LogP contribution in [0.15, 0.2) is 41.6 Å². The highest BCUT2D eigenvalue weighted by Crippen LogP contribution is 2.15. The van der Waals surface area contributed by atoms with Crippen LogP contribution < -0.4 is 4.74 Å². The highest BCUT2D eigenvalue weighted by molar-refractivity contribution is 6.00. The van der Waals surface area contributed by atoms with E-state index in [1.165, 1.54) is 0 Å². The number of hydrogen-bond acceptors (Lipinski definition) is 3. The second-order valence-electron chi connectivity index (χ2n) is 4.23. The summed E-state index contributed by atoms with van der Waals surface area (Å²) in [5, 5.41) is 4.11. The Hall–Kier alpha value is -1.77. The Balaban J connectivity index is 2.67. The highest BCUT2D eigenvalue weighted by Gasteiger charge is 2.03. The molecule has 0 saturated heterocycles. The minimum absolute atomic E-state index is 0.573. The van der Waals surface area contributed by atoms with Crippen LogP contribution in [0.5, 0.6) is 5.75 Å². The molecular formula is C16H23NO2. The van der Waals surface area contributed by atoms with Gasteiger partial charge in [0.1, 0.15) is 19.0 Å². The minimum atomic E-state index is 0.573. The molecule has 0 fully saturated rings. The van der Waals surface area contributed by atoms with Gasteiger partial charge in [0, 0.05) is 0 Å². The van der Waals surface area contributed by atoms with Gasteiger partial charge in [0.25, 0.3) is 0 Å². The zero-order valence-corrected chi connectivity index (χ0v) is 12.1. The maximum atomic E-state index is 5.64. The largest absolute Gasteiger partial charge is 0.489 e. The van der Waals surface area contributed by atoms with Crippen LogP contribution in [0.25, 0.3) is 0 Å². The first-order valence-electron chi connectivity index (χ1n) is 6.79. The van der Waals surface area contributed by atoms with Gasteiger partial charge in [-0.25, -0.2) is 0 Å². The third kappa shape index (κ3) is 5.16. The lowest BCUT2D eigenvalue weighted by Gasteiger charge is -2.08. The summed E-state index contributed by atoms with van der Waals surface area (Å²) in [6, 6.07) is 7.92. The fourth-order valence-corrected chi connectivity index (χ4v) is 1.49. The monoisotopic (exact) mass is 261 g/mol. The molecule has 0 unspecified atom stereocenters. The molecule has 3 nitrogen and oxygen atoms in total. The maximum absolute atomic E-state index is 5.64. The number of ether oxygens (including phenoxy) is 1. The van der Waals surface area contributed by atoms with Gasteiger partial charge in [0.15, 0.2) is 0 Å². The van der Waals surface area contributed by atoms with Crippen molar-refractivity contribution in [3.63, 3.8) is 0 Å². The number of benzene rings is 1. The molecule has 0 aliphatic heterocycles. The molecule has 0 aliphatic carbocycles. The lowest BCUT2D eigenvalue weighted by molar-refractivity contribution is 0.158. The van der Waals surface area contributed by atoms with E-state index in [1.54, 1.807) is 0 Å². The average molecular weight is 261 g/mol. The van der Waals surface area contributed by atoms with E-state index in [0.29, 0.717) is 13.2 Å². The Morgan fingerprint density at radius 2 is 1.79 bits per heavy atom. The molecule has 3 heteroatoms. The Kier molecular flexibility index (Phi) is 6.72. The van der Waals surface area contributed by atoms with Crippen molar-refractivity contribution in [1.82, 2.24) is 0 Å². The quantitative estimate of drug-likeness (QED) is 0.399. The first-order valence-corrected chi connectivity index (χ1v) is 6.79. The Labute approximate surface area is 115 Å². The second kappa shape index (κ2) is 8.35. The third-order valence-corrected chi connectivity index (χ3v) is 2.77. The molecule has 1 rings (SSSR count). The Bertz CT molecular complexity index is 421. The van der Waals surface area contributed by atoms with E-state index >= 15 is 0 Å². The van der Waals surface area contributed by atoms with Gasteiger partial charge < -0.3 is 9.57 Å². The van der Waals surface area contributed by atoms with Crippen molar-refractivity contribution >= 4 is 5.71 Å². The molecule has 1 aromatic rings. The van der Waals surface area contributed by atoms with E-state index in [9.17, 15) is 0 Å². The summed E-state index contributed by atoms with van der Waals surface area (Å²) in [6.07, 6.45) is 1.78. The van der Waals surface area contributed by atoms with E-state index in [4.69, 9.17) is 9.57 Å². The number of hydrogen-bond donors (Lipinski definition) is 0. The molecule has 0 spiro atoms. The van der Waals surface area contributed by atoms with Gasteiger partial charge in [-0.2, -0.15) is 0 Å². The Morgan fingerprint density at radius 3 is 2.32 bits per heavy atom. The van der Waals surface area contributed by atoms with Crippen LogP contribution in [-0.2, 0) is 4.84 Å². The van der Waals surface area contributed by atoms with Gasteiger partial charge in [-0.3, -0.25) is 0 Å². The summed E-state index contributed by atoms with van der Waals surface area (Å²) in [5.41, 5.74) is 3.11. The van der Waals surface area contributed by atoms with E-state index in [0.717, 1.165) is 35.4 Å². The summed E-state index contributed by atoms with van der Waals surface area (Å²) in [4.78, 5) is 5.11. The first-order chi connectivity index (χ1) is 9.21. The second-order valence-corrected chi connectivity index (χ2v) is 4.23. The minimum Gasteiger partial charge on any atom is -0.489 e. The van der Waals surface area contributed by atoms with Crippen molar-refractivity contribution in [2.75, 3.05) is 13.2 Å². The number of oxime groups is 1. The molecule has 0 atom stereocenters. The zero-order valence-electron chi connectivity index (χ0n) is 12.1. The predicted molar refractivity (Wildman–Crippen MR) is 79.8 cm³/mol. The van der Waals surface area contributed by atoms with Gasteiger partial charge in [-0.15, -0.1) is 0 Å². The molecule has 0 bridgehead atoms. The van der Waals surface area contributed by atoms with Crippen molar-refractivity contribution in [3.05, 3.63) is 42.0 Å². The first kappa shape index (κ1) is 15.3. The normalized spacial score (nSPS) is 11.2. The predicted octanol–water partition coefficient (Wildman–Crippen LogP) is 4.18. The summed E-state index contributed by atoms with van der Waals surface area (Å²) < 4.78 is 5.64. The van der Waals surface area contributed by atoms with Crippen LogP contribution in [-0.4, -0.2) is 18.9 Å². The van der Waals surface area contributed by atoms with Gasteiger partial charge in [0.05, 0.1) is 5.71 Å². The van der Waals surface area contributed by atoms with Gasteiger partial charge >= 0.3 is 0 Å². The van der Waals surface area contributed by atoms with Crippen LogP contribution in [0.3, 0.4) is 0 Å². The molecule has 0 aliphatic rings.